The Morgan fingerprint density at radius 3 is 2.28 bits per heavy atom. The molecule has 0 spiro atoms. The number of hydrogen-bond acceptors (Lipinski definition) is 3. The molecule has 0 aliphatic carbocycles. The average molecular weight is 335 g/mol. The second-order valence-electron chi connectivity index (χ2n) is 5.73. The second kappa shape index (κ2) is 8.64. The molecule has 2 aromatic rings. The molecule has 0 fully saturated rings. The number of oxime groups is 1. The highest BCUT2D eigenvalue weighted by Gasteiger charge is 2.12. The molecule has 0 aromatic heterocycles. The molecule has 0 bridgehead atoms. The lowest BCUT2D eigenvalue weighted by molar-refractivity contribution is -0.131. The van der Waals surface area contributed by atoms with Crippen LogP contribution in [0.4, 0.5) is 0 Å². The molecule has 0 aliphatic rings. The van der Waals surface area contributed by atoms with E-state index < -0.39 is 5.97 Å². The predicted octanol–water partition coefficient (Wildman–Crippen LogP) is 4.63. The molecule has 1 N–H and O–H groups in total. The summed E-state index contributed by atoms with van der Waals surface area (Å²) in [7, 11) is 0. The Bertz CT molecular complexity index is 788. The largest absolute Gasteiger partial charge is 0.478 e. The topological polar surface area (TPSA) is 58.9 Å². The van der Waals surface area contributed by atoms with Gasteiger partial charge in [0, 0.05) is 17.2 Å². The molecule has 4 heteroatoms. The predicted molar refractivity (Wildman–Crippen MR) is 101 cm³/mol. The maximum absolute atomic E-state index is 10.6. The van der Waals surface area contributed by atoms with Crippen LogP contribution in [0.1, 0.15) is 30.5 Å². The Kier molecular flexibility index (Phi) is 6.29. The zero-order valence-corrected chi connectivity index (χ0v) is 14.3. The monoisotopic (exact) mass is 335 g/mol. The van der Waals surface area contributed by atoms with Crippen molar-refractivity contribution in [2.75, 3.05) is 0 Å². The summed E-state index contributed by atoms with van der Waals surface area (Å²) < 4.78 is 0. The minimum absolute atomic E-state index is 0.0450. The summed E-state index contributed by atoms with van der Waals surface area (Å²) in [6, 6.07) is 17.2. The van der Waals surface area contributed by atoms with Crippen LogP contribution in [-0.2, 0) is 9.63 Å². The molecule has 0 atom stereocenters. The summed E-state index contributed by atoms with van der Waals surface area (Å²) in [6.45, 7) is 7.98. The van der Waals surface area contributed by atoms with Gasteiger partial charge in [-0.25, -0.2) is 4.79 Å². The van der Waals surface area contributed by atoms with Crippen molar-refractivity contribution >= 4 is 23.3 Å². The van der Waals surface area contributed by atoms with Crippen molar-refractivity contribution in [3.63, 3.8) is 0 Å². The van der Waals surface area contributed by atoms with Crippen LogP contribution in [0.15, 0.2) is 72.4 Å². The van der Waals surface area contributed by atoms with E-state index in [1.54, 1.807) is 6.08 Å². The number of benzene rings is 2. The lowest BCUT2D eigenvalue weighted by Gasteiger charge is -2.12. The van der Waals surface area contributed by atoms with Gasteiger partial charge in [0.2, 0.25) is 0 Å². The van der Waals surface area contributed by atoms with Crippen LogP contribution in [0.2, 0.25) is 0 Å². The summed E-state index contributed by atoms with van der Waals surface area (Å²) in [5.41, 5.74) is 4.01. The number of aliphatic carboxylic acids is 1. The Hall–Kier alpha value is -3.14. The van der Waals surface area contributed by atoms with Crippen LogP contribution in [-0.4, -0.2) is 22.9 Å². The van der Waals surface area contributed by atoms with E-state index in [9.17, 15) is 4.79 Å². The molecule has 0 amide bonds. The Balaban J connectivity index is 2.34. The molecular weight excluding hydrogens is 314 g/mol. The highest BCUT2D eigenvalue weighted by atomic mass is 16.6. The van der Waals surface area contributed by atoms with E-state index in [0.29, 0.717) is 5.71 Å². The zero-order valence-electron chi connectivity index (χ0n) is 14.3. The normalized spacial score (nSPS) is 11.7. The molecular formula is C21H21NO3. The van der Waals surface area contributed by atoms with Gasteiger partial charge in [-0.15, -0.1) is 0 Å². The van der Waals surface area contributed by atoms with Crippen LogP contribution < -0.4 is 0 Å². The highest BCUT2D eigenvalue weighted by Crippen LogP contribution is 2.20. The molecule has 0 saturated carbocycles. The van der Waals surface area contributed by atoms with Crippen LogP contribution >= 0.6 is 0 Å². The fourth-order valence-electron chi connectivity index (χ4n) is 2.14. The van der Waals surface area contributed by atoms with E-state index in [2.05, 4.69) is 11.7 Å². The van der Waals surface area contributed by atoms with Crippen molar-refractivity contribution in [2.45, 2.75) is 20.0 Å². The van der Waals surface area contributed by atoms with Gasteiger partial charge in [0.05, 0.1) is 0 Å². The number of allylic oxidation sites excluding steroid dienone is 1. The van der Waals surface area contributed by atoms with Gasteiger partial charge in [-0.3, -0.25) is 0 Å². The minimum atomic E-state index is -0.978. The molecule has 2 rings (SSSR count). The van der Waals surface area contributed by atoms with Crippen molar-refractivity contribution in [1.29, 1.82) is 0 Å². The van der Waals surface area contributed by atoms with Gasteiger partial charge in [0.15, 0.2) is 0 Å². The highest BCUT2D eigenvalue weighted by molar-refractivity contribution is 6.31. The van der Waals surface area contributed by atoms with Crippen LogP contribution in [0.5, 0.6) is 0 Å². The standard InChI is InChI=1S/C21H21NO3/c1-15(2)25-22-21(16(3)18-7-5-4-6-8-18)19-12-9-17(10-13-19)11-14-20(23)24/h4-15H,3H2,1-2H3,(H,23,24). The molecule has 128 valence electrons. The molecule has 2 aromatic carbocycles. The molecule has 0 unspecified atom stereocenters. The average Bonchev–Trinajstić information content (AvgIpc) is 2.61. The third-order valence-corrected chi connectivity index (χ3v) is 3.37. The number of hydrogen-bond donors (Lipinski definition) is 1. The summed E-state index contributed by atoms with van der Waals surface area (Å²) in [6.07, 6.45) is 2.60. The molecule has 0 heterocycles. The van der Waals surface area contributed by atoms with E-state index in [1.807, 2.05) is 68.4 Å². The summed E-state index contributed by atoms with van der Waals surface area (Å²) in [5.74, 6) is -0.978. The molecule has 0 saturated heterocycles. The van der Waals surface area contributed by atoms with Crippen LogP contribution in [0, 0.1) is 0 Å². The first kappa shape index (κ1) is 18.2. The first-order valence-electron chi connectivity index (χ1n) is 7.97. The lowest BCUT2D eigenvalue weighted by atomic mass is 9.97. The van der Waals surface area contributed by atoms with E-state index in [0.717, 1.165) is 28.3 Å². The summed E-state index contributed by atoms with van der Waals surface area (Å²) in [5, 5.41) is 13.0. The van der Waals surface area contributed by atoms with Crippen molar-refractivity contribution in [1.82, 2.24) is 0 Å². The van der Waals surface area contributed by atoms with Crippen molar-refractivity contribution in [3.05, 3.63) is 83.9 Å². The second-order valence-corrected chi connectivity index (χ2v) is 5.73. The quantitative estimate of drug-likeness (QED) is 0.456. The summed E-state index contributed by atoms with van der Waals surface area (Å²) in [4.78, 5) is 16.1. The third kappa shape index (κ3) is 5.46. The van der Waals surface area contributed by atoms with E-state index in [-0.39, 0.29) is 6.10 Å². The fourth-order valence-corrected chi connectivity index (χ4v) is 2.14. The van der Waals surface area contributed by atoms with Crippen LogP contribution in [0.25, 0.3) is 11.6 Å². The SMILES string of the molecule is C=C(C(=NOC(C)C)c1ccc(C=CC(=O)O)cc1)c1ccccc1. The van der Waals surface area contributed by atoms with E-state index in [4.69, 9.17) is 9.94 Å². The lowest BCUT2D eigenvalue weighted by Crippen LogP contribution is -2.07. The van der Waals surface area contributed by atoms with Gasteiger partial charge in [0.1, 0.15) is 11.8 Å². The van der Waals surface area contributed by atoms with Crippen LogP contribution in [0.3, 0.4) is 0 Å². The first-order valence-corrected chi connectivity index (χ1v) is 7.97. The van der Waals surface area contributed by atoms with Crippen molar-refractivity contribution < 1.29 is 14.7 Å². The fraction of sp³-hybridized carbons (Fsp3) is 0.143. The van der Waals surface area contributed by atoms with Gasteiger partial charge in [-0.1, -0.05) is 66.3 Å². The minimum Gasteiger partial charge on any atom is -0.478 e. The van der Waals surface area contributed by atoms with Gasteiger partial charge in [-0.05, 0) is 31.1 Å². The number of carboxylic acids is 1. The van der Waals surface area contributed by atoms with E-state index in [1.165, 1.54) is 0 Å². The Morgan fingerprint density at radius 2 is 1.72 bits per heavy atom. The number of carbonyl (C=O) groups is 1. The van der Waals surface area contributed by atoms with Crippen molar-refractivity contribution in [3.8, 4) is 0 Å². The van der Waals surface area contributed by atoms with E-state index >= 15 is 0 Å². The first-order chi connectivity index (χ1) is 12.0. The molecule has 4 nitrogen and oxygen atoms in total. The number of rotatable bonds is 7. The van der Waals surface area contributed by atoms with Gasteiger partial charge in [-0.2, -0.15) is 0 Å². The smallest absolute Gasteiger partial charge is 0.328 e. The summed E-state index contributed by atoms with van der Waals surface area (Å²) >= 11 is 0. The maximum Gasteiger partial charge on any atom is 0.328 e. The molecule has 25 heavy (non-hydrogen) atoms. The molecule has 0 radical (unpaired) electrons. The van der Waals surface area contributed by atoms with Gasteiger partial charge in [0.25, 0.3) is 0 Å². The Morgan fingerprint density at radius 1 is 1.08 bits per heavy atom. The molecule has 0 aliphatic heterocycles. The van der Waals surface area contributed by atoms with Crippen molar-refractivity contribution in [2.24, 2.45) is 5.16 Å². The van der Waals surface area contributed by atoms with Gasteiger partial charge >= 0.3 is 5.97 Å². The number of carboxylic acid groups (broad SMARTS) is 1. The Labute approximate surface area is 147 Å². The third-order valence-electron chi connectivity index (χ3n) is 3.37. The zero-order chi connectivity index (χ0) is 18.2. The number of nitrogens with zero attached hydrogens (tertiary/aromatic N) is 1. The maximum atomic E-state index is 10.6. The van der Waals surface area contributed by atoms with Gasteiger partial charge < -0.3 is 9.94 Å².